The molecule has 0 fully saturated rings. The van der Waals surface area contributed by atoms with Gasteiger partial charge in [0.25, 0.3) is 0 Å². The van der Waals surface area contributed by atoms with Crippen LogP contribution in [0.2, 0.25) is 0 Å². The minimum Gasteiger partial charge on any atom is -0.459 e. The summed E-state index contributed by atoms with van der Waals surface area (Å²) in [6, 6.07) is 5.38. The topological polar surface area (TPSA) is 52.3 Å². The SMILES string of the molecule is CCOC(=O)c1nc2c(CCl)cccc2o1. The van der Waals surface area contributed by atoms with Crippen molar-refractivity contribution in [1.82, 2.24) is 4.98 Å². The molecule has 5 heteroatoms. The van der Waals surface area contributed by atoms with Gasteiger partial charge in [0.2, 0.25) is 0 Å². The number of halogens is 1. The lowest BCUT2D eigenvalue weighted by atomic mass is 10.2. The molecule has 0 aliphatic carbocycles. The monoisotopic (exact) mass is 239 g/mol. The number of hydrogen-bond donors (Lipinski definition) is 0. The van der Waals surface area contributed by atoms with E-state index < -0.39 is 5.97 Å². The Morgan fingerprint density at radius 3 is 3.06 bits per heavy atom. The second-order valence-electron chi connectivity index (χ2n) is 3.14. The van der Waals surface area contributed by atoms with Crippen molar-refractivity contribution in [2.75, 3.05) is 6.61 Å². The van der Waals surface area contributed by atoms with Crippen LogP contribution in [0.1, 0.15) is 23.2 Å². The normalized spacial score (nSPS) is 10.6. The number of hydrogen-bond acceptors (Lipinski definition) is 4. The molecule has 2 aromatic rings. The van der Waals surface area contributed by atoms with E-state index in [-0.39, 0.29) is 5.89 Å². The predicted octanol–water partition coefficient (Wildman–Crippen LogP) is 2.74. The van der Waals surface area contributed by atoms with Gasteiger partial charge in [-0.2, -0.15) is 0 Å². The molecule has 0 spiro atoms. The number of oxazole rings is 1. The summed E-state index contributed by atoms with van der Waals surface area (Å²) in [5.74, 6) is -0.264. The van der Waals surface area contributed by atoms with Crippen LogP contribution < -0.4 is 0 Å². The highest BCUT2D eigenvalue weighted by Gasteiger charge is 2.16. The molecule has 16 heavy (non-hydrogen) atoms. The number of para-hydroxylation sites is 1. The van der Waals surface area contributed by atoms with Crippen molar-refractivity contribution >= 4 is 28.7 Å². The second-order valence-corrected chi connectivity index (χ2v) is 3.40. The van der Waals surface area contributed by atoms with Gasteiger partial charge in [-0.15, -0.1) is 11.6 Å². The van der Waals surface area contributed by atoms with Crippen molar-refractivity contribution in [3.8, 4) is 0 Å². The fourth-order valence-corrected chi connectivity index (χ4v) is 1.61. The summed E-state index contributed by atoms with van der Waals surface area (Å²) in [5, 5.41) is 0. The highest BCUT2D eigenvalue weighted by Crippen LogP contribution is 2.21. The lowest BCUT2D eigenvalue weighted by Gasteiger charge is -1.94. The van der Waals surface area contributed by atoms with Crippen molar-refractivity contribution in [2.45, 2.75) is 12.8 Å². The predicted molar refractivity (Wildman–Crippen MR) is 59.5 cm³/mol. The van der Waals surface area contributed by atoms with Crippen LogP contribution in [0.25, 0.3) is 11.1 Å². The quantitative estimate of drug-likeness (QED) is 0.611. The molecule has 0 bridgehead atoms. The van der Waals surface area contributed by atoms with Gasteiger partial charge in [-0.25, -0.2) is 9.78 Å². The first kappa shape index (κ1) is 11.0. The van der Waals surface area contributed by atoms with E-state index in [1.54, 1.807) is 19.1 Å². The van der Waals surface area contributed by atoms with Gasteiger partial charge in [0.05, 0.1) is 6.61 Å². The van der Waals surface area contributed by atoms with E-state index in [9.17, 15) is 4.79 Å². The van der Waals surface area contributed by atoms with Gasteiger partial charge in [-0.1, -0.05) is 12.1 Å². The number of rotatable bonds is 3. The first-order chi connectivity index (χ1) is 7.76. The summed E-state index contributed by atoms with van der Waals surface area (Å²) in [6.45, 7) is 2.02. The summed E-state index contributed by atoms with van der Waals surface area (Å²) in [5.41, 5.74) is 1.99. The molecule has 2 rings (SSSR count). The molecule has 4 nitrogen and oxygen atoms in total. The van der Waals surface area contributed by atoms with Crippen LogP contribution in [-0.4, -0.2) is 17.6 Å². The Morgan fingerprint density at radius 2 is 2.38 bits per heavy atom. The van der Waals surface area contributed by atoms with Crippen molar-refractivity contribution in [3.05, 3.63) is 29.7 Å². The molecule has 0 unspecified atom stereocenters. The fraction of sp³-hybridized carbons (Fsp3) is 0.273. The highest BCUT2D eigenvalue weighted by molar-refractivity contribution is 6.17. The third kappa shape index (κ3) is 1.88. The minimum atomic E-state index is -0.556. The Kier molecular flexibility index (Phi) is 3.10. The molecule has 0 saturated heterocycles. The first-order valence-electron chi connectivity index (χ1n) is 4.87. The number of carbonyl (C=O) groups is 1. The summed E-state index contributed by atoms with van der Waals surface area (Å²) in [7, 11) is 0. The molecule has 84 valence electrons. The van der Waals surface area contributed by atoms with E-state index in [1.165, 1.54) is 0 Å². The first-order valence-corrected chi connectivity index (χ1v) is 5.41. The molecule has 0 atom stereocenters. The minimum absolute atomic E-state index is 0.0329. The molecule has 0 aliphatic heterocycles. The van der Waals surface area contributed by atoms with Gasteiger partial charge in [0.1, 0.15) is 5.52 Å². The van der Waals surface area contributed by atoms with Crippen LogP contribution in [0.3, 0.4) is 0 Å². The van der Waals surface area contributed by atoms with E-state index in [1.807, 2.05) is 6.07 Å². The third-order valence-corrected chi connectivity index (χ3v) is 2.38. The van der Waals surface area contributed by atoms with E-state index in [2.05, 4.69) is 4.98 Å². The zero-order valence-corrected chi connectivity index (χ0v) is 9.45. The summed E-state index contributed by atoms with van der Waals surface area (Å²) < 4.78 is 10.1. The maximum atomic E-state index is 11.4. The second kappa shape index (κ2) is 4.53. The molecule has 0 radical (unpaired) electrons. The number of fused-ring (bicyclic) bond motifs is 1. The third-order valence-electron chi connectivity index (χ3n) is 2.10. The Bertz CT molecular complexity index is 521. The van der Waals surface area contributed by atoms with Crippen LogP contribution in [0.4, 0.5) is 0 Å². The van der Waals surface area contributed by atoms with Crippen LogP contribution in [0.5, 0.6) is 0 Å². The Labute approximate surface area is 97.2 Å². The molecule has 1 aromatic carbocycles. The number of esters is 1. The van der Waals surface area contributed by atoms with Gasteiger partial charge in [0, 0.05) is 5.88 Å². The lowest BCUT2D eigenvalue weighted by molar-refractivity contribution is 0.0483. The average molecular weight is 240 g/mol. The van der Waals surface area contributed by atoms with Gasteiger partial charge >= 0.3 is 11.9 Å². The Hall–Kier alpha value is -1.55. The highest BCUT2D eigenvalue weighted by atomic mass is 35.5. The van der Waals surface area contributed by atoms with Crippen molar-refractivity contribution in [3.63, 3.8) is 0 Å². The summed E-state index contributed by atoms with van der Waals surface area (Å²) in [4.78, 5) is 15.5. The molecular formula is C11H10ClNO3. The maximum Gasteiger partial charge on any atom is 0.394 e. The standard InChI is InChI=1S/C11H10ClNO3/c1-2-15-11(14)10-13-9-7(6-12)4-3-5-8(9)16-10/h3-5H,2,6H2,1H3. The van der Waals surface area contributed by atoms with Crippen molar-refractivity contribution in [2.24, 2.45) is 0 Å². The van der Waals surface area contributed by atoms with E-state index in [0.29, 0.717) is 23.6 Å². The number of aromatic nitrogens is 1. The molecule has 0 amide bonds. The molecule has 0 aliphatic rings. The molecule has 1 heterocycles. The fourth-order valence-electron chi connectivity index (χ4n) is 1.39. The van der Waals surface area contributed by atoms with Crippen LogP contribution in [0, 0.1) is 0 Å². The molecule has 1 aromatic heterocycles. The number of nitrogens with zero attached hydrogens (tertiary/aromatic N) is 1. The smallest absolute Gasteiger partial charge is 0.394 e. The van der Waals surface area contributed by atoms with Gasteiger partial charge in [-0.05, 0) is 18.6 Å². The summed E-state index contributed by atoms with van der Waals surface area (Å²) >= 11 is 5.76. The molecule has 0 saturated carbocycles. The Balaban J connectivity index is 2.47. The van der Waals surface area contributed by atoms with Gasteiger partial charge in [-0.3, -0.25) is 0 Å². The van der Waals surface area contributed by atoms with Gasteiger partial charge < -0.3 is 9.15 Å². The van der Waals surface area contributed by atoms with E-state index >= 15 is 0 Å². The zero-order valence-electron chi connectivity index (χ0n) is 8.70. The zero-order chi connectivity index (χ0) is 11.5. The molecule has 0 N–H and O–H groups in total. The Morgan fingerprint density at radius 1 is 1.56 bits per heavy atom. The number of ether oxygens (including phenoxy) is 1. The van der Waals surface area contributed by atoms with Crippen molar-refractivity contribution < 1.29 is 13.9 Å². The average Bonchev–Trinajstić information content (AvgIpc) is 2.72. The molecular weight excluding hydrogens is 230 g/mol. The van der Waals surface area contributed by atoms with Crippen LogP contribution in [-0.2, 0) is 10.6 Å². The number of benzene rings is 1. The summed E-state index contributed by atoms with van der Waals surface area (Å²) in [6.07, 6.45) is 0. The number of carbonyl (C=O) groups excluding carboxylic acids is 1. The van der Waals surface area contributed by atoms with E-state index in [4.69, 9.17) is 20.8 Å². The van der Waals surface area contributed by atoms with Crippen LogP contribution in [0.15, 0.2) is 22.6 Å². The lowest BCUT2D eigenvalue weighted by Crippen LogP contribution is -2.04. The van der Waals surface area contributed by atoms with Crippen molar-refractivity contribution in [1.29, 1.82) is 0 Å². The largest absolute Gasteiger partial charge is 0.459 e. The van der Waals surface area contributed by atoms with Gasteiger partial charge in [0.15, 0.2) is 5.58 Å². The maximum absolute atomic E-state index is 11.4. The number of alkyl halides is 1. The van der Waals surface area contributed by atoms with Crippen LogP contribution >= 0.6 is 11.6 Å². The van der Waals surface area contributed by atoms with E-state index in [0.717, 1.165) is 5.56 Å².